The highest BCUT2D eigenvalue weighted by atomic mass is 16.5. The summed E-state index contributed by atoms with van der Waals surface area (Å²) < 4.78 is 10.9. The van der Waals surface area contributed by atoms with Gasteiger partial charge >= 0.3 is 0 Å². The van der Waals surface area contributed by atoms with Crippen LogP contribution in [-0.2, 0) is 16.0 Å². The first-order chi connectivity index (χ1) is 10.2. The zero-order chi connectivity index (χ0) is 14.7. The number of hydrogen-bond donors (Lipinski definition) is 2. The second-order valence-electron chi connectivity index (χ2n) is 5.80. The number of carbonyl (C=O) groups excluding carboxylic acids is 1. The molecule has 1 atom stereocenters. The third kappa shape index (κ3) is 3.36. The van der Waals surface area contributed by atoms with Crippen molar-refractivity contribution in [3.63, 3.8) is 0 Å². The van der Waals surface area contributed by atoms with Crippen LogP contribution in [0, 0.1) is 0 Å². The van der Waals surface area contributed by atoms with Gasteiger partial charge in [-0.25, -0.2) is 0 Å². The lowest BCUT2D eigenvalue weighted by Crippen LogP contribution is -2.43. The number of rotatable bonds is 4. The standard InChI is InChI=1S/C16H21NO4/c18-15(14-11-12-3-1-2-4-13(12)21-14)17-8-5-16(19)6-9-20-10-7-16/h1-4,14,19H,5-11H2,(H,17,18). The minimum atomic E-state index is -0.703. The van der Waals surface area contributed by atoms with Gasteiger partial charge in [-0.05, 0) is 30.9 Å². The molecule has 0 spiro atoms. The number of carbonyl (C=O) groups is 1. The lowest BCUT2D eigenvalue weighted by molar-refractivity contribution is -0.127. The number of hydrogen-bond acceptors (Lipinski definition) is 4. The molecule has 2 aliphatic rings. The maximum Gasteiger partial charge on any atom is 0.261 e. The predicted molar refractivity (Wildman–Crippen MR) is 77.2 cm³/mol. The van der Waals surface area contributed by atoms with Crippen molar-refractivity contribution in [1.82, 2.24) is 5.32 Å². The number of nitrogens with one attached hydrogen (secondary N) is 1. The molecule has 1 amide bonds. The van der Waals surface area contributed by atoms with Crippen molar-refractivity contribution in [2.75, 3.05) is 19.8 Å². The van der Waals surface area contributed by atoms with Gasteiger partial charge in [0.2, 0.25) is 0 Å². The molecule has 2 aliphatic heterocycles. The Hall–Kier alpha value is -1.59. The Balaban J connectivity index is 1.45. The molecule has 1 aromatic carbocycles. The largest absolute Gasteiger partial charge is 0.480 e. The Labute approximate surface area is 124 Å². The van der Waals surface area contributed by atoms with E-state index in [4.69, 9.17) is 9.47 Å². The number of ether oxygens (including phenoxy) is 2. The molecule has 3 rings (SSSR count). The van der Waals surface area contributed by atoms with Crippen LogP contribution in [0.5, 0.6) is 5.75 Å². The average Bonchev–Trinajstić information content (AvgIpc) is 2.92. The van der Waals surface area contributed by atoms with Crippen LogP contribution in [0.2, 0.25) is 0 Å². The van der Waals surface area contributed by atoms with Crippen LogP contribution in [0.3, 0.4) is 0 Å². The highest BCUT2D eigenvalue weighted by Crippen LogP contribution is 2.28. The van der Waals surface area contributed by atoms with Gasteiger partial charge in [0, 0.05) is 26.2 Å². The van der Waals surface area contributed by atoms with Gasteiger partial charge < -0.3 is 19.9 Å². The maximum atomic E-state index is 12.1. The Kier molecular flexibility index (Phi) is 4.12. The number of para-hydroxylation sites is 1. The van der Waals surface area contributed by atoms with Gasteiger partial charge in [0.1, 0.15) is 5.75 Å². The molecule has 1 saturated heterocycles. The van der Waals surface area contributed by atoms with Crippen molar-refractivity contribution in [3.8, 4) is 5.75 Å². The molecule has 1 unspecified atom stereocenters. The van der Waals surface area contributed by atoms with Crippen LogP contribution >= 0.6 is 0 Å². The monoisotopic (exact) mass is 291 g/mol. The highest BCUT2D eigenvalue weighted by molar-refractivity contribution is 5.82. The van der Waals surface area contributed by atoms with Crippen molar-refractivity contribution in [1.29, 1.82) is 0 Å². The van der Waals surface area contributed by atoms with Gasteiger partial charge in [-0.3, -0.25) is 4.79 Å². The van der Waals surface area contributed by atoms with Crippen molar-refractivity contribution in [3.05, 3.63) is 29.8 Å². The van der Waals surface area contributed by atoms with Gasteiger partial charge in [-0.2, -0.15) is 0 Å². The lowest BCUT2D eigenvalue weighted by Gasteiger charge is -2.32. The maximum absolute atomic E-state index is 12.1. The van der Waals surface area contributed by atoms with E-state index in [1.807, 2.05) is 24.3 Å². The summed E-state index contributed by atoms with van der Waals surface area (Å²) in [7, 11) is 0. The van der Waals surface area contributed by atoms with Crippen LogP contribution in [-0.4, -0.2) is 42.5 Å². The van der Waals surface area contributed by atoms with Gasteiger partial charge in [0.15, 0.2) is 6.10 Å². The molecule has 0 bridgehead atoms. The Morgan fingerprint density at radius 3 is 2.86 bits per heavy atom. The van der Waals surface area contributed by atoms with Gasteiger partial charge in [0.25, 0.3) is 5.91 Å². The molecule has 114 valence electrons. The third-order valence-electron chi connectivity index (χ3n) is 4.25. The van der Waals surface area contributed by atoms with Crippen LogP contribution in [0.4, 0.5) is 0 Å². The van der Waals surface area contributed by atoms with E-state index in [0.717, 1.165) is 11.3 Å². The number of fused-ring (bicyclic) bond motifs is 1. The lowest BCUT2D eigenvalue weighted by atomic mass is 9.91. The van der Waals surface area contributed by atoms with Crippen LogP contribution < -0.4 is 10.1 Å². The summed E-state index contributed by atoms with van der Waals surface area (Å²) in [5.74, 6) is 0.683. The molecule has 0 aromatic heterocycles. The first-order valence-corrected chi connectivity index (χ1v) is 7.49. The molecule has 1 fully saturated rings. The molecule has 5 nitrogen and oxygen atoms in total. The van der Waals surface area contributed by atoms with Crippen LogP contribution in [0.25, 0.3) is 0 Å². The topological polar surface area (TPSA) is 67.8 Å². The van der Waals surface area contributed by atoms with E-state index < -0.39 is 11.7 Å². The van der Waals surface area contributed by atoms with E-state index in [-0.39, 0.29) is 5.91 Å². The predicted octanol–water partition coefficient (Wildman–Crippen LogP) is 1.04. The van der Waals surface area contributed by atoms with Crippen molar-refractivity contribution >= 4 is 5.91 Å². The quantitative estimate of drug-likeness (QED) is 0.870. The Morgan fingerprint density at radius 1 is 1.33 bits per heavy atom. The number of amides is 1. The normalized spacial score (nSPS) is 23.2. The van der Waals surface area contributed by atoms with E-state index in [0.29, 0.717) is 45.4 Å². The summed E-state index contributed by atoms with van der Waals surface area (Å²) in [6.07, 6.45) is 1.98. The van der Waals surface area contributed by atoms with E-state index in [9.17, 15) is 9.90 Å². The van der Waals surface area contributed by atoms with E-state index in [1.54, 1.807) is 0 Å². The molecular formula is C16H21NO4. The molecule has 21 heavy (non-hydrogen) atoms. The van der Waals surface area contributed by atoms with Crippen LogP contribution in [0.15, 0.2) is 24.3 Å². The first-order valence-electron chi connectivity index (χ1n) is 7.49. The summed E-state index contributed by atoms with van der Waals surface area (Å²) in [5, 5.41) is 13.2. The van der Waals surface area contributed by atoms with Gasteiger partial charge in [0.05, 0.1) is 5.60 Å². The van der Waals surface area contributed by atoms with E-state index in [2.05, 4.69) is 5.32 Å². The minimum Gasteiger partial charge on any atom is -0.480 e. The summed E-state index contributed by atoms with van der Waals surface area (Å²) >= 11 is 0. The fourth-order valence-corrected chi connectivity index (χ4v) is 2.86. The Morgan fingerprint density at radius 2 is 2.10 bits per heavy atom. The highest BCUT2D eigenvalue weighted by Gasteiger charge is 2.31. The molecular weight excluding hydrogens is 270 g/mol. The summed E-state index contributed by atoms with van der Waals surface area (Å²) in [6, 6.07) is 7.71. The second kappa shape index (κ2) is 6.03. The van der Waals surface area contributed by atoms with Gasteiger partial charge in [-0.15, -0.1) is 0 Å². The number of benzene rings is 1. The number of aliphatic hydroxyl groups is 1. The van der Waals surface area contributed by atoms with Crippen molar-refractivity contribution in [2.24, 2.45) is 0 Å². The van der Waals surface area contributed by atoms with Gasteiger partial charge in [-0.1, -0.05) is 18.2 Å². The van der Waals surface area contributed by atoms with E-state index in [1.165, 1.54) is 0 Å². The smallest absolute Gasteiger partial charge is 0.261 e. The fraction of sp³-hybridized carbons (Fsp3) is 0.562. The zero-order valence-electron chi connectivity index (χ0n) is 12.0. The molecule has 5 heteroatoms. The van der Waals surface area contributed by atoms with Crippen molar-refractivity contribution in [2.45, 2.75) is 37.4 Å². The molecule has 0 saturated carbocycles. The van der Waals surface area contributed by atoms with E-state index >= 15 is 0 Å². The Bertz CT molecular complexity index is 486. The summed E-state index contributed by atoms with van der Waals surface area (Å²) in [5.41, 5.74) is 0.367. The van der Waals surface area contributed by atoms with Crippen LogP contribution in [0.1, 0.15) is 24.8 Å². The first kappa shape index (κ1) is 14.4. The summed E-state index contributed by atoms with van der Waals surface area (Å²) in [4.78, 5) is 12.1. The molecule has 0 radical (unpaired) electrons. The molecule has 2 heterocycles. The second-order valence-corrected chi connectivity index (χ2v) is 5.80. The zero-order valence-corrected chi connectivity index (χ0v) is 12.0. The third-order valence-corrected chi connectivity index (χ3v) is 4.25. The average molecular weight is 291 g/mol. The minimum absolute atomic E-state index is 0.109. The molecule has 0 aliphatic carbocycles. The summed E-state index contributed by atoms with van der Waals surface area (Å²) in [6.45, 7) is 1.64. The molecule has 2 N–H and O–H groups in total. The molecule has 1 aromatic rings. The SMILES string of the molecule is O=C(NCCC1(O)CCOCC1)C1Cc2ccccc2O1. The fourth-order valence-electron chi connectivity index (χ4n) is 2.86. The van der Waals surface area contributed by atoms with Crippen molar-refractivity contribution < 1.29 is 19.4 Å².